The molecular formula is C13H17FN4S2. The van der Waals surface area contributed by atoms with E-state index in [0.29, 0.717) is 22.1 Å². The Hall–Kier alpha value is -1.73. The highest BCUT2D eigenvalue weighted by Gasteiger charge is 2.18. The van der Waals surface area contributed by atoms with Crippen molar-refractivity contribution in [3.63, 3.8) is 0 Å². The number of hydrogen-bond donors (Lipinski definition) is 2. The number of nitrogens with two attached hydrogens (primary N) is 2. The lowest BCUT2D eigenvalue weighted by Gasteiger charge is -2.17. The molecule has 0 saturated carbocycles. The zero-order valence-electron chi connectivity index (χ0n) is 11.4. The lowest BCUT2D eigenvalue weighted by Crippen LogP contribution is -2.21. The minimum atomic E-state index is -0.0107. The third kappa shape index (κ3) is 3.64. The summed E-state index contributed by atoms with van der Waals surface area (Å²) in [5.74, 6) is 0.238. The molecule has 0 aliphatic heterocycles. The van der Waals surface area contributed by atoms with Crippen LogP contribution in [0.1, 0.15) is 24.4 Å². The summed E-state index contributed by atoms with van der Waals surface area (Å²) in [5, 5.41) is 0.419. The molecule has 0 aromatic carbocycles. The van der Waals surface area contributed by atoms with Crippen LogP contribution in [-0.2, 0) is 0 Å². The van der Waals surface area contributed by atoms with Gasteiger partial charge in [-0.25, -0.2) is 9.29 Å². The first-order chi connectivity index (χ1) is 9.44. The van der Waals surface area contributed by atoms with Crippen LogP contribution in [0.5, 0.6) is 0 Å². The van der Waals surface area contributed by atoms with Crippen molar-refractivity contribution in [3.8, 4) is 0 Å². The first kappa shape index (κ1) is 16.3. The molecule has 0 saturated heterocycles. The van der Waals surface area contributed by atoms with E-state index >= 15 is 0 Å². The molecule has 1 heterocycles. The van der Waals surface area contributed by atoms with E-state index in [-0.39, 0.29) is 18.2 Å². The highest BCUT2D eigenvalue weighted by molar-refractivity contribution is 7.96. The molecule has 0 fully saturated rings. The third-order valence-electron chi connectivity index (χ3n) is 2.36. The summed E-state index contributed by atoms with van der Waals surface area (Å²) in [5.41, 5.74) is 13.4. The molecule has 20 heavy (non-hydrogen) atoms. The molecule has 1 rings (SSSR count). The van der Waals surface area contributed by atoms with Gasteiger partial charge in [0.2, 0.25) is 5.13 Å². The summed E-state index contributed by atoms with van der Waals surface area (Å²) in [6, 6.07) is 0. The van der Waals surface area contributed by atoms with Crippen LogP contribution in [0.25, 0.3) is 12.2 Å². The predicted octanol–water partition coefficient (Wildman–Crippen LogP) is 3.82. The second-order valence-corrected chi connectivity index (χ2v) is 5.49. The number of hydrogen-bond acceptors (Lipinski definition) is 6. The Morgan fingerprint density at radius 1 is 1.35 bits per heavy atom. The van der Waals surface area contributed by atoms with Gasteiger partial charge in [-0.15, -0.1) is 3.89 Å². The SMILES string of the molecule is C=Cc1nc(N(SF)/C(N)=C(C)/C=C(/C)N)sc1C=C. The molecule has 7 heteroatoms. The van der Waals surface area contributed by atoms with E-state index < -0.39 is 0 Å². The molecule has 1 aromatic heterocycles. The number of nitrogens with zero attached hydrogens (tertiary/aromatic N) is 2. The van der Waals surface area contributed by atoms with Gasteiger partial charge in [-0.1, -0.05) is 24.5 Å². The van der Waals surface area contributed by atoms with Crippen LogP contribution in [0.4, 0.5) is 9.02 Å². The number of anilines is 1. The van der Waals surface area contributed by atoms with Crippen LogP contribution >= 0.6 is 23.7 Å². The van der Waals surface area contributed by atoms with E-state index in [1.54, 1.807) is 32.1 Å². The highest BCUT2D eigenvalue weighted by atomic mass is 32.2. The lowest BCUT2D eigenvalue weighted by atomic mass is 10.2. The van der Waals surface area contributed by atoms with E-state index in [1.807, 2.05) is 0 Å². The minimum Gasteiger partial charge on any atom is -0.402 e. The first-order valence-corrected chi connectivity index (χ1v) is 7.18. The van der Waals surface area contributed by atoms with Crippen LogP contribution < -0.4 is 15.8 Å². The first-order valence-electron chi connectivity index (χ1n) is 5.69. The Balaban J connectivity index is 3.26. The highest BCUT2D eigenvalue weighted by Crippen LogP contribution is 2.34. The fourth-order valence-corrected chi connectivity index (χ4v) is 2.81. The number of aromatic nitrogens is 1. The van der Waals surface area contributed by atoms with E-state index in [0.717, 1.165) is 4.88 Å². The van der Waals surface area contributed by atoms with E-state index in [9.17, 15) is 3.89 Å². The van der Waals surface area contributed by atoms with Crippen LogP contribution in [0.15, 0.2) is 36.3 Å². The van der Waals surface area contributed by atoms with Gasteiger partial charge >= 0.3 is 0 Å². The van der Waals surface area contributed by atoms with Crippen molar-refractivity contribution < 1.29 is 3.89 Å². The fourth-order valence-electron chi connectivity index (χ4n) is 1.46. The maximum atomic E-state index is 13.2. The zero-order chi connectivity index (χ0) is 15.3. The summed E-state index contributed by atoms with van der Waals surface area (Å²) in [7, 11) is 0. The summed E-state index contributed by atoms with van der Waals surface area (Å²) in [4.78, 5) is 5.09. The van der Waals surface area contributed by atoms with Gasteiger partial charge in [-0.05, 0) is 37.6 Å². The molecule has 0 radical (unpaired) electrons. The molecule has 108 valence electrons. The minimum absolute atomic E-state index is 0.0107. The molecule has 0 bridgehead atoms. The molecule has 1 aromatic rings. The van der Waals surface area contributed by atoms with Crippen molar-refractivity contribution in [2.24, 2.45) is 11.5 Å². The molecule has 0 unspecified atom stereocenters. The summed E-state index contributed by atoms with van der Waals surface area (Å²) in [6.07, 6.45) is 4.92. The van der Waals surface area contributed by atoms with E-state index in [4.69, 9.17) is 11.5 Å². The Kier molecular flexibility index (Phi) is 5.84. The van der Waals surface area contributed by atoms with Gasteiger partial charge in [0.15, 0.2) is 12.3 Å². The van der Waals surface area contributed by atoms with Crippen molar-refractivity contribution in [1.29, 1.82) is 0 Å². The van der Waals surface area contributed by atoms with Crippen LogP contribution in [0.3, 0.4) is 0 Å². The Morgan fingerprint density at radius 2 is 2.00 bits per heavy atom. The van der Waals surface area contributed by atoms with Gasteiger partial charge in [0.1, 0.15) is 5.82 Å². The molecule has 0 spiro atoms. The fraction of sp³-hybridized carbons (Fsp3) is 0.154. The van der Waals surface area contributed by atoms with Gasteiger partial charge in [0, 0.05) is 5.70 Å². The standard InChI is InChI=1S/C13H17FN4S2/c1-5-10-11(6-2)19-13(17-10)18(20-14)12(16)8(3)7-9(4)15/h5-7H,1-2,15-16H2,3-4H3/b9-7-,12-8+. The van der Waals surface area contributed by atoms with Gasteiger partial charge in [-0.2, -0.15) is 0 Å². The van der Waals surface area contributed by atoms with Crippen LogP contribution in [-0.4, -0.2) is 4.98 Å². The topological polar surface area (TPSA) is 68.2 Å². The van der Waals surface area contributed by atoms with Crippen molar-refractivity contribution in [1.82, 2.24) is 4.98 Å². The average Bonchev–Trinajstić information content (AvgIpc) is 2.81. The smallest absolute Gasteiger partial charge is 0.204 e. The maximum Gasteiger partial charge on any atom is 0.204 e. The molecule has 0 aliphatic rings. The van der Waals surface area contributed by atoms with Crippen LogP contribution in [0.2, 0.25) is 0 Å². The van der Waals surface area contributed by atoms with Crippen molar-refractivity contribution >= 4 is 41.0 Å². The molecular weight excluding hydrogens is 295 g/mol. The van der Waals surface area contributed by atoms with E-state index in [2.05, 4.69) is 18.1 Å². The molecule has 4 N–H and O–H groups in total. The predicted molar refractivity (Wildman–Crippen MR) is 88.3 cm³/mol. The summed E-state index contributed by atoms with van der Waals surface area (Å²) in [6.45, 7) is 10.8. The molecule has 0 aliphatic carbocycles. The van der Waals surface area contributed by atoms with Crippen molar-refractivity contribution in [2.45, 2.75) is 13.8 Å². The maximum absolute atomic E-state index is 13.2. The number of allylic oxidation sites excluding steroid dienone is 3. The van der Waals surface area contributed by atoms with Gasteiger partial charge in [0.25, 0.3) is 0 Å². The molecule has 0 amide bonds. The quantitative estimate of drug-likeness (QED) is 0.617. The van der Waals surface area contributed by atoms with Crippen molar-refractivity contribution in [2.75, 3.05) is 4.31 Å². The lowest BCUT2D eigenvalue weighted by molar-refractivity contribution is 0.924. The summed E-state index contributed by atoms with van der Waals surface area (Å²) >= 11 is 1.27. The van der Waals surface area contributed by atoms with Gasteiger partial charge in [0.05, 0.1) is 10.6 Å². The molecule has 0 atom stereocenters. The Labute approximate surface area is 126 Å². The second-order valence-electron chi connectivity index (χ2n) is 3.97. The second kappa shape index (κ2) is 7.16. The largest absolute Gasteiger partial charge is 0.402 e. The Bertz CT molecular complexity index is 545. The van der Waals surface area contributed by atoms with Gasteiger partial charge < -0.3 is 11.5 Å². The van der Waals surface area contributed by atoms with Crippen LogP contribution in [0, 0.1) is 0 Å². The number of halogens is 1. The normalized spacial score (nSPS) is 12.8. The third-order valence-corrected chi connectivity index (χ3v) is 4.03. The molecule has 4 nitrogen and oxygen atoms in total. The zero-order valence-corrected chi connectivity index (χ0v) is 13.0. The van der Waals surface area contributed by atoms with Gasteiger partial charge in [-0.3, -0.25) is 0 Å². The summed E-state index contributed by atoms with van der Waals surface area (Å²) < 4.78 is 14.4. The average molecular weight is 312 g/mol. The number of rotatable bonds is 6. The Morgan fingerprint density at radius 3 is 2.40 bits per heavy atom. The monoisotopic (exact) mass is 312 g/mol. The number of thiazole rings is 1. The van der Waals surface area contributed by atoms with Crippen molar-refractivity contribution in [3.05, 3.63) is 46.9 Å². The van der Waals surface area contributed by atoms with E-state index in [1.165, 1.54) is 15.6 Å².